The maximum absolute atomic E-state index is 10.8. The number of carbonyl (C=O) groups excluding carboxylic acids is 1. The van der Waals surface area contributed by atoms with Crippen molar-refractivity contribution in [2.75, 3.05) is 0 Å². The van der Waals surface area contributed by atoms with Gasteiger partial charge in [-0.2, -0.15) is 0 Å². The molecular formula is C6H13NO2S2. The molecule has 0 spiro atoms. The number of hydrogen-bond donors (Lipinski definition) is 2. The summed E-state index contributed by atoms with van der Waals surface area (Å²) in [5.41, 5.74) is 0. The summed E-state index contributed by atoms with van der Waals surface area (Å²) in [6.45, 7) is 3.95. The van der Waals surface area contributed by atoms with Crippen LogP contribution in [-0.2, 0) is 4.18 Å². The van der Waals surface area contributed by atoms with Crippen molar-refractivity contribution in [1.29, 1.82) is 0 Å². The predicted molar refractivity (Wildman–Crippen MR) is 50.7 cm³/mol. The number of nitrogens with zero attached hydrogens (tertiary/aromatic N) is 1. The third kappa shape index (κ3) is 3.76. The monoisotopic (exact) mass is 195 g/mol. The highest BCUT2D eigenvalue weighted by molar-refractivity contribution is 7.78. The molecule has 0 fully saturated rings. The molecule has 0 saturated heterocycles. The van der Waals surface area contributed by atoms with Crippen molar-refractivity contribution in [3.63, 3.8) is 0 Å². The van der Waals surface area contributed by atoms with Crippen molar-refractivity contribution in [1.82, 2.24) is 4.31 Å². The predicted octanol–water partition coefficient (Wildman–Crippen LogP) is 2.30. The van der Waals surface area contributed by atoms with Crippen molar-refractivity contribution >= 4 is 31.8 Å². The lowest BCUT2D eigenvalue weighted by atomic mass is 10.2. The average molecular weight is 195 g/mol. The molecule has 0 heterocycles. The zero-order valence-electron chi connectivity index (χ0n) is 6.65. The molecule has 0 aliphatic heterocycles. The first kappa shape index (κ1) is 11.0. The van der Waals surface area contributed by atoms with Crippen molar-refractivity contribution in [2.45, 2.75) is 32.7 Å². The molecule has 1 atom stereocenters. The van der Waals surface area contributed by atoms with Gasteiger partial charge in [0, 0.05) is 19.0 Å². The van der Waals surface area contributed by atoms with E-state index in [9.17, 15) is 4.79 Å². The zero-order chi connectivity index (χ0) is 8.85. The maximum Gasteiger partial charge on any atom is 0.431 e. The van der Waals surface area contributed by atoms with Gasteiger partial charge in [0.05, 0.1) is 0 Å². The van der Waals surface area contributed by atoms with Gasteiger partial charge >= 0.3 is 6.09 Å². The quantitative estimate of drug-likeness (QED) is 0.534. The summed E-state index contributed by atoms with van der Waals surface area (Å²) in [7, 11) is 0. The molecule has 0 radical (unpaired) electrons. The molecule has 0 rings (SSSR count). The molecular weight excluding hydrogens is 182 g/mol. The van der Waals surface area contributed by atoms with Crippen LogP contribution >= 0.6 is 25.7 Å². The largest absolute Gasteiger partial charge is 0.431 e. The van der Waals surface area contributed by atoms with Crippen LogP contribution in [0.3, 0.4) is 0 Å². The summed E-state index contributed by atoms with van der Waals surface area (Å²) in [6, 6.07) is 0.0861. The van der Waals surface area contributed by atoms with E-state index in [1.165, 1.54) is 4.31 Å². The van der Waals surface area contributed by atoms with E-state index in [1.54, 1.807) is 0 Å². The molecule has 1 unspecified atom stereocenters. The van der Waals surface area contributed by atoms with Crippen LogP contribution in [-0.4, -0.2) is 16.4 Å². The number of hydrogen-bond acceptors (Lipinski definition) is 4. The Labute approximate surface area is 78.3 Å². The van der Waals surface area contributed by atoms with E-state index in [0.29, 0.717) is 0 Å². The SMILES string of the molecule is CCCC(C)N(S)C(=O)OS. The number of amides is 1. The minimum atomic E-state index is -0.530. The highest BCUT2D eigenvalue weighted by Gasteiger charge is 2.16. The fourth-order valence-electron chi connectivity index (χ4n) is 0.762. The summed E-state index contributed by atoms with van der Waals surface area (Å²) in [6.07, 6.45) is 1.39. The summed E-state index contributed by atoms with van der Waals surface area (Å²) >= 11 is 7.32. The lowest BCUT2D eigenvalue weighted by molar-refractivity contribution is 0.181. The van der Waals surface area contributed by atoms with Gasteiger partial charge in [0.15, 0.2) is 0 Å². The first-order chi connectivity index (χ1) is 5.13. The van der Waals surface area contributed by atoms with Crippen LogP contribution in [0.15, 0.2) is 0 Å². The lowest BCUT2D eigenvalue weighted by Crippen LogP contribution is -2.29. The molecule has 5 heteroatoms. The van der Waals surface area contributed by atoms with Gasteiger partial charge in [0.2, 0.25) is 0 Å². The Kier molecular flexibility index (Phi) is 5.58. The first-order valence-electron chi connectivity index (χ1n) is 3.47. The van der Waals surface area contributed by atoms with E-state index in [0.717, 1.165) is 12.8 Å². The highest BCUT2D eigenvalue weighted by Crippen LogP contribution is 2.10. The molecule has 0 saturated carbocycles. The topological polar surface area (TPSA) is 29.5 Å². The van der Waals surface area contributed by atoms with E-state index >= 15 is 0 Å². The van der Waals surface area contributed by atoms with Gasteiger partial charge in [-0.15, -0.1) is 0 Å². The summed E-state index contributed by atoms with van der Waals surface area (Å²) in [5.74, 6) is 0. The average Bonchev–Trinajstić information content (AvgIpc) is 2.02. The van der Waals surface area contributed by atoms with E-state index in [1.807, 2.05) is 13.8 Å². The second-order valence-electron chi connectivity index (χ2n) is 2.34. The molecule has 0 N–H and O–H groups in total. The maximum atomic E-state index is 10.8. The van der Waals surface area contributed by atoms with Gasteiger partial charge < -0.3 is 4.18 Å². The summed E-state index contributed by atoms with van der Waals surface area (Å²) in [4.78, 5) is 10.8. The number of thiol groups is 2. The van der Waals surface area contributed by atoms with Crippen LogP contribution in [0.2, 0.25) is 0 Å². The number of rotatable bonds is 3. The zero-order valence-corrected chi connectivity index (χ0v) is 8.44. The summed E-state index contributed by atoms with van der Waals surface area (Å²) < 4.78 is 5.42. The second kappa shape index (κ2) is 5.60. The number of carbonyl (C=O) groups is 1. The van der Waals surface area contributed by atoms with Crippen molar-refractivity contribution in [3.8, 4) is 0 Å². The van der Waals surface area contributed by atoms with E-state index < -0.39 is 6.09 Å². The lowest BCUT2D eigenvalue weighted by Gasteiger charge is -2.20. The third-order valence-electron chi connectivity index (χ3n) is 1.39. The molecule has 0 aliphatic rings. The molecule has 0 aromatic carbocycles. The fourth-order valence-corrected chi connectivity index (χ4v) is 1.07. The van der Waals surface area contributed by atoms with Crippen LogP contribution in [0.5, 0.6) is 0 Å². The molecule has 1 amide bonds. The molecule has 11 heavy (non-hydrogen) atoms. The van der Waals surface area contributed by atoms with E-state index in [2.05, 4.69) is 29.9 Å². The van der Waals surface area contributed by atoms with Gasteiger partial charge in [0.25, 0.3) is 0 Å². The van der Waals surface area contributed by atoms with Crippen molar-refractivity contribution in [2.24, 2.45) is 0 Å². The highest BCUT2D eigenvalue weighted by atomic mass is 32.1. The molecule has 0 bridgehead atoms. The van der Waals surface area contributed by atoms with Crippen LogP contribution in [0, 0.1) is 0 Å². The smallest absolute Gasteiger partial charge is 0.378 e. The standard InChI is InChI=1S/C6H13NO2S2/c1-3-4-5(2)7(10)6(8)9-11/h5,10-11H,3-4H2,1-2H3. The van der Waals surface area contributed by atoms with E-state index in [4.69, 9.17) is 0 Å². The van der Waals surface area contributed by atoms with Crippen LogP contribution in [0.25, 0.3) is 0 Å². The van der Waals surface area contributed by atoms with Gasteiger partial charge in [-0.3, -0.25) is 4.31 Å². The third-order valence-corrected chi connectivity index (χ3v) is 2.10. The van der Waals surface area contributed by atoms with Crippen LogP contribution in [0.4, 0.5) is 4.79 Å². The Morgan fingerprint density at radius 1 is 1.73 bits per heavy atom. The van der Waals surface area contributed by atoms with Crippen LogP contribution < -0.4 is 0 Å². The Morgan fingerprint density at radius 3 is 2.64 bits per heavy atom. The van der Waals surface area contributed by atoms with Crippen molar-refractivity contribution < 1.29 is 8.98 Å². The second-order valence-corrected chi connectivity index (χ2v) is 2.95. The molecule has 66 valence electrons. The molecule has 3 nitrogen and oxygen atoms in total. The van der Waals surface area contributed by atoms with Gasteiger partial charge in [-0.05, 0) is 13.3 Å². The molecule has 0 aromatic heterocycles. The fraction of sp³-hybridized carbons (Fsp3) is 0.833. The summed E-state index contributed by atoms with van der Waals surface area (Å²) in [5, 5.41) is 0. The molecule has 0 aromatic rings. The Morgan fingerprint density at radius 2 is 2.27 bits per heavy atom. The van der Waals surface area contributed by atoms with Crippen molar-refractivity contribution in [3.05, 3.63) is 0 Å². The normalized spacial score (nSPS) is 12.4. The Balaban J connectivity index is 3.80. The van der Waals surface area contributed by atoms with Gasteiger partial charge in [-0.25, -0.2) is 4.79 Å². The first-order valence-corrected chi connectivity index (χ1v) is 4.23. The van der Waals surface area contributed by atoms with E-state index in [-0.39, 0.29) is 6.04 Å². The minimum absolute atomic E-state index is 0.0861. The van der Waals surface area contributed by atoms with Crippen LogP contribution in [0.1, 0.15) is 26.7 Å². The minimum Gasteiger partial charge on any atom is -0.378 e. The Hall–Kier alpha value is -0.0300. The molecule has 0 aliphatic carbocycles. The van der Waals surface area contributed by atoms with Gasteiger partial charge in [-0.1, -0.05) is 26.2 Å². The van der Waals surface area contributed by atoms with Gasteiger partial charge in [0.1, 0.15) is 0 Å². The Bertz CT molecular complexity index is 132.